The molecule has 7 rings (SSSR count). The number of hydrogen-bond acceptors (Lipinski definition) is 5. The van der Waals surface area contributed by atoms with Crippen LogP contribution in [0.5, 0.6) is 5.75 Å². The van der Waals surface area contributed by atoms with Gasteiger partial charge in [-0.3, -0.25) is 14.5 Å². The van der Waals surface area contributed by atoms with Crippen LogP contribution in [0, 0.1) is 17.8 Å². The van der Waals surface area contributed by atoms with E-state index in [0.717, 1.165) is 43.2 Å². The Morgan fingerprint density at radius 2 is 1.92 bits per heavy atom. The Kier molecular flexibility index (Phi) is 5.39. The third-order valence-electron chi connectivity index (χ3n) is 9.82. The highest BCUT2D eigenvalue weighted by Crippen LogP contribution is 2.65. The first-order valence-corrected chi connectivity index (χ1v) is 14.0. The summed E-state index contributed by atoms with van der Waals surface area (Å²) in [5.74, 6) is 7.07. The predicted octanol–water partition coefficient (Wildman–Crippen LogP) is 3.70. The Hall–Kier alpha value is -3.30. The number of carbonyl (C=O) groups is 2. The fourth-order valence-electron chi connectivity index (χ4n) is 8.14. The first kappa shape index (κ1) is 23.8. The maximum absolute atomic E-state index is 13.4. The number of rotatable bonds is 4. The molecule has 2 aromatic carbocycles. The van der Waals surface area contributed by atoms with Gasteiger partial charge in [0.25, 0.3) is 5.91 Å². The number of esters is 1. The Morgan fingerprint density at radius 1 is 1.11 bits per heavy atom. The quantitative estimate of drug-likeness (QED) is 0.464. The minimum Gasteiger partial charge on any atom is -0.487 e. The summed E-state index contributed by atoms with van der Waals surface area (Å²) in [6, 6.07) is 15.9. The number of amides is 1. The van der Waals surface area contributed by atoms with Gasteiger partial charge in [0, 0.05) is 37.6 Å². The molecule has 2 saturated carbocycles. The van der Waals surface area contributed by atoms with Gasteiger partial charge in [-0.05, 0) is 74.8 Å². The number of carbonyl (C=O) groups excluding carboxylic acids is 2. The molecule has 6 nitrogen and oxygen atoms in total. The lowest BCUT2D eigenvalue weighted by molar-refractivity contribution is -0.223. The molecule has 2 bridgehead atoms. The fourth-order valence-corrected chi connectivity index (χ4v) is 8.14. The second-order valence-corrected chi connectivity index (χ2v) is 11.8. The number of nitrogens with zero attached hydrogens (tertiary/aromatic N) is 2. The van der Waals surface area contributed by atoms with Gasteiger partial charge >= 0.3 is 5.97 Å². The monoisotopic (exact) mass is 510 g/mol. The smallest absolute Gasteiger partial charge is 0.303 e. The van der Waals surface area contributed by atoms with E-state index in [2.05, 4.69) is 34.9 Å². The summed E-state index contributed by atoms with van der Waals surface area (Å²) >= 11 is 0. The Labute approximate surface area is 224 Å². The normalized spacial score (nSPS) is 32.3. The minimum absolute atomic E-state index is 0.118. The molecule has 0 radical (unpaired) electrons. The fraction of sp³-hybridized carbons (Fsp3) is 0.500. The van der Waals surface area contributed by atoms with Crippen LogP contribution in [0.3, 0.4) is 0 Å². The van der Waals surface area contributed by atoms with E-state index in [-0.39, 0.29) is 30.1 Å². The zero-order chi connectivity index (χ0) is 26.1. The Bertz CT molecular complexity index is 1360. The summed E-state index contributed by atoms with van der Waals surface area (Å²) in [6.45, 7) is 3.57. The molecule has 0 unspecified atom stereocenters. The molecule has 2 aliphatic heterocycles. The number of likely N-dealkylation sites (tertiary alicyclic amines) is 1. The average Bonchev–Trinajstić information content (AvgIpc) is 3.66. The van der Waals surface area contributed by atoms with Crippen molar-refractivity contribution in [1.29, 1.82) is 0 Å². The van der Waals surface area contributed by atoms with Gasteiger partial charge in [0.1, 0.15) is 17.5 Å². The van der Waals surface area contributed by atoms with Gasteiger partial charge in [-0.2, -0.15) is 0 Å². The van der Waals surface area contributed by atoms with Crippen LogP contribution in [0.4, 0.5) is 0 Å². The van der Waals surface area contributed by atoms with Crippen LogP contribution >= 0.6 is 0 Å². The van der Waals surface area contributed by atoms with Crippen molar-refractivity contribution in [3.8, 4) is 17.6 Å². The van der Waals surface area contributed by atoms with Crippen molar-refractivity contribution in [2.45, 2.75) is 74.7 Å². The molecule has 1 saturated heterocycles. The Balaban J connectivity index is 1.30. The van der Waals surface area contributed by atoms with Crippen LogP contribution in [0.15, 0.2) is 48.5 Å². The largest absolute Gasteiger partial charge is 0.487 e. The van der Waals surface area contributed by atoms with Crippen LogP contribution in [-0.2, 0) is 26.2 Å². The minimum atomic E-state index is -0.660. The van der Waals surface area contributed by atoms with E-state index in [1.54, 1.807) is 11.8 Å². The van der Waals surface area contributed by atoms with Crippen molar-refractivity contribution in [1.82, 2.24) is 9.80 Å². The van der Waals surface area contributed by atoms with Crippen LogP contribution in [-0.4, -0.2) is 65.6 Å². The van der Waals surface area contributed by atoms with E-state index in [9.17, 15) is 9.59 Å². The van der Waals surface area contributed by atoms with Gasteiger partial charge in [0.15, 0.2) is 0 Å². The number of benzene rings is 2. The van der Waals surface area contributed by atoms with Crippen LogP contribution < -0.4 is 4.74 Å². The van der Waals surface area contributed by atoms with E-state index in [1.165, 1.54) is 24.0 Å². The molecule has 3 aliphatic carbocycles. The van der Waals surface area contributed by atoms with Crippen molar-refractivity contribution >= 4 is 11.9 Å². The second kappa shape index (κ2) is 8.61. The molecule has 1 amide bonds. The SMILES string of the molecule is CC(=O)O[C@@]12CC[C@H](N(C)C(=O)C#Cc3ccccc3)[C@@H]3Oc4cccc5c4[C@@]31CCN(CC1CC1)[C@@H]2C5. The van der Waals surface area contributed by atoms with E-state index in [1.807, 2.05) is 37.4 Å². The number of ether oxygens (including phenoxy) is 2. The maximum Gasteiger partial charge on any atom is 0.303 e. The van der Waals surface area contributed by atoms with Crippen molar-refractivity contribution in [3.63, 3.8) is 0 Å². The molecule has 5 aliphatic rings. The van der Waals surface area contributed by atoms with E-state index < -0.39 is 11.0 Å². The lowest BCUT2D eigenvalue weighted by Crippen LogP contribution is -2.79. The van der Waals surface area contributed by atoms with Crippen LogP contribution in [0.25, 0.3) is 0 Å². The van der Waals surface area contributed by atoms with E-state index in [4.69, 9.17) is 9.47 Å². The second-order valence-electron chi connectivity index (χ2n) is 11.8. The summed E-state index contributed by atoms with van der Waals surface area (Å²) in [5, 5.41) is 0. The standard InChI is InChI=1S/C32H34N2O4/c1-21(35)38-32-16-15-25(33(2)28(36)14-13-22-7-4-3-5-8-22)30-31(32)17-18-34(20-23-11-12-23)27(32)19-24-9-6-10-26(37-30)29(24)31/h3-10,23,25,27,30H,11-12,15-20H2,1-2H3/t25-,27+,30-,31-,32+/m0/s1. The van der Waals surface area contributed by atoms with Gasteiger partial charge in [-0.15, -0.1) is 0 Å². The van der Waals surface area contributed by atoms with Crippen LogP contribution in [0.1, 0.15) is 55.7 Å². The van der Waals surface area contributed by atoms with Crippen molar-refractivity contribution in [2.24, 2.45) is 5.92 Å². The number of piperidine rings is 1. The zero-order valence-electron chi connectivity index (χ0n) is 22.1. The van der Waals surface area contributed by atoms with Crippen molar-refractivity contribution in [2.75, 3.05) is 20.1 Å². The van der Waals surface area contributed by atoms with Gasteiger partial charge in [-0.1, -0.05) is 36.3 Å². The summed E-state index contributed by atoms with van der Waals surface area (Å²) in [5.41, 5.74) is 2.20. The average molecular weight is 511 g/mol. The molecule has 5 atom stereocenters. The topological polar surface area (TPSA) is 59.1 Å². The molecule has 6 heteroatoms. The molecule has 38 heavy (non-hydrogen) atoms. The highest BCUT2D eigenvalue weighted by Gasteiger charge is 2.75. The highest BCUT2D eigenvalue weighted by atomic mass is 16.6. The predicted molar refractivity (Wildman–Crippen MR) is 143 cm³/mol. The number of likely N-dealkylation sites (N-methyl/N-ethyl adjacent to an activating group) is 1. The molecule has 0 aromatic heterocycles. The molecule has 3 fully saturated rings. The molecule has 196 valence electrons. The third kappa shape index (κ3) is 3.37. The molecular formula is C32H34N2O4. The van der Waals surface area contributed by atoms with E-state index >= 15 is 0 Å². The zero-order valence-corrected chi connectivity index (χ0v) is 22.1. The molecular weight excluding hydrogens is 476 g/mol. The lowest BCUT2D eigenvalue weighted by Gasteiger charge is -2.65. The molecule has 1 spiro atoms. The molecule has 2 heterocycles. The van der Waals surface area contributed by atoms with Crippen molar-refractivity contribution < 1.29 is 19.1 Å². The molecule has 2 aromatic rings. The lowest BCUT2D eigenvalue weighted by atomic mass is 9.48. The third-order valence-corrected chi connectivity index (χ3v) is 9.82. The van der Waals surface area contributed by atoms with Crippen LogP contribution in [0.2, 0.25) is 0 Å². The van der Waals surface area contributed by atoms with Crippen molar-refractivity contribution in [3.05, 3.63) is 65.2 Å². The van der Waals surface area contributed by atoms with E-state index in [0.29, 0.717) is 12.8 Å². The van der Waals surface area contributed by atoms with Gasteiger partial charge in [-0.25, -0.2) is 0 Å². The molecule has 0 N–H and O–H groups in total. The van der Waals surface area contributed by atoms with Gasteiger partial charge in [0.05, 0.1) is 17.5 Å². The summed E-state index contributed by atoms with van der Waals surface area (Å²) in [7, 11) is 1.85. The summed E-state index contributed by atoms with van der Waals surface area (Å²) in [6.07, 6.45) is 5.42. The van der Waals surface area contributed by atoms with Gasteiger partial charge < -0.3 is 14.4 Å². The highest BCUT2D eigenvalue weighted by molar-refractivity contribution is 5.94. The first-order chi connectivity index (χ1) is 18.4. The summed E-state index contributed by atoms with van der Waals surface area (Å²) < 4.78 is 13.3. The Morgan fingerprint density at radius 3 is 2.68 bits per heavy atom. The summed E-state index contributed by atoms with van der Waals surface area (Å²) in [4.78, 5) is 30.5. The first-order valence-electron chi connectivity index (χ1n) is 14.0. The maximum atomic E-state index is 13.4. The van der Waals surface area contributed by atoms with Gasteiger partial charge in [0.2, 0.25) is 0 Å². The number of hydrogen-bond donors (Lipinski definition) is 0.